The van der Waals surface area contributed by atoms with Gasteiger partial charge in [-0.3, -0.25) is 0 Å². The average Bonchev–Trinajstić information content (AvgIpc) is 2.51. The molecule has 0 atom stereocenters. The van der Waals surface area contributed by atoms with E-state index in [4.69, 9.17) is 14.3 Å². The van der Waals surface area contributed by atoms with E-state index in [0.717, 1.165) is 28.4 Å². The van der Waals surface area contributed by atoms with Crippen molar-refractivity contribution in [2.24, 2.45) is 5.16 Å². The van der Waals surface area contributed by atoms with E-state index in [-0.39, 0.29) is 5.75 Å². The number of rotatable bonds is 11. The summed E-state index contributed by atoms with van der Waals surface area (Å²) in [5, 5.41) is 3.86. The molecule has 0 heterocycles. The lowest BCUT2D eigenvalue weighted by atomic mass is 10.2. The van der Waals surface area contributed by atoms with E-state index in [1.165, 1.54) is 6.07 Å². The first-order valence-electron chi connectivity index (χ1n) is 7.79. The second-order valence-electron chi connectivity index (χ2n) is 5.30. The average molecular weight is 546 g/mol. The molecule has 0 aliphatic carbocycles. The van der Waals surface area contributed by atoms with Crippen LogP contribution in [-0.2, 0) is 4.84 Å². The van der Waals surface area contributed by atoms with Crippen LogP contribution in [-0.4, -0.2) is 25.5 Å². The molecule has 4 nitrogen and oxygen atoms in total. The zero-order chi connectivity index (χ0) is 18.7. The number of unbranched alkanes of at least 4 members (excludes halogenated alkanes) is 2. The summed E-state index contributed by atoms with van der Waals surface area (Å²) in [6, 6.07) is 3.00. The molecule has 1 aromatic rings. The van der Waals surface area contributed by atoms with Crippen molar-refractivity contribution in [1.29, 1.82) is 0 Å². The highest BCUT2D eigenvalue weighted by Gasteiger charge is 2.11. The number of ether oxygens (including phenoxy) is 2. The van der Waals surface area contributed by atoms with Crippen LogP contribution >= 0.6 is 47.8 Å². The molecule has 0 radical (unpaired) electrons. The Balaban J connectivity index is 2.36. The van der Waals surface area contributed by atoms with Crippen molar-refractivity contribution in [3.05, 3.63) is 31.9 Å². The van der Waals surface area contributed by atoms with E-state index >= 15 is 0 Å². The quantitative estimate of drug-likeness (QED) is 0.180. The molecule has 25 heavy (non-hydrogen) atoms. The molecular weight excluding hydrogens is 525 g/mol. The molecular formula is C17H21Br3FNO3. The first kappa shape index (κ1) is 22.4. The van der Waals surface area contributed by atoms with Gasteiger partial charge >= 0.3 is 0 Å². The number of hydrogen-bond donors (Lipinski definition) is 0. The molecule has 0 amide bonds. The van der Waals surface area contributed by atoms with Gasteiger partial charge < -0.3 is 14.3 Å². The van der Waals surface area contributed by atoms with E-state index in [2.05, 4.69) is 52.9 Å². The second kappa shape index (κ2) is 12.7. The zero-order valence-corrected chi connectivity index (χ0v) is 18.9. The highest BCUT2D eigenvalue weighted by molar-refractivity contribution is 9.28. The van der Waals surface area contributed by atoms with Gasteiger partial charge in [-0.2, -0.15) is 0 Å². The highest BCUT2D eigenvalue weighted by Crippen LogP contribution is 2.33. The summed E-state index contributed by atoms with van der Waals surface area (Å²) in [5.41, 5.74) is 0.895. The van der Waals surface area contributed by atoms with Crippen LogP contribution in [0.1, 0.15) is 33.1 Å². The standard InChI is InChI=1S/C17H21Br3FNO3/c1-12(2)22-25-8-5-3-4-7-24-17-14(18)10-13(11-15(17)21)23-9-6-16(19)20/h6,10-11H,3-5,7-9H2,1-2H3. The number of hydrogen-bond acceptors (Lipinski definition) is 4. The van der Waals surface area contributed by atoms with Crippen molar-refractivity contribution in [3.63, 3.8) is 0 Å². The Morgan fingerprint density at radius 2 is 1.84 bits per heavy atom. The Morgan fingerprint density at radius 3 is 2.48 bits per heavy atom. The number of nitrogens with zero attached hydrogens (tertiary/aromatic N) is 1. The highest BCUT2D eigenvalue weighted by atomic mass is 79.9. The molecule has 0 fully saturated rings. The number of benzene rings is 1. The third-order valence-corrected chi connectivity index (χ3v) is 4.07. The molecule has 0 saturated heterocycles. The van der Waals surface area contributed by atoms with Crippen LogP contribution in [0.2, 0.25) is 0 Å². The second-order valence-corrected chi connectivity index (χ2v) is 8.93. The Bertz CT molecular complexity index is 578. The maximum absolute atomic E-state index is 14.1. The summed E-state index contributed by atoms with van der Waals surface area (Å²) in [4.78, 5) is 5.11. The van der Waals surface area contributed by atoms with Crippen molar-refractivity contribution in [2.45, 2.75) is 33.1 Å². The molecule has 0 saturated carbocycles. The van der Waals surface area contributed by atoms with Crippen molar-refractivity contribution < 1.29 is 18.7 Å². The molecule has 0 aliphatic heterocycles. The normalized spacial score (nSPS) is 10.2. The minimum absolute atomic E-state index is 0.201. The summed E-state index contributed by atoms with van der Waals surface area (Å²) >= 11 is 9.78. The maximum atomic E-state index is 14.1. The SMILES string of the molecule is CC(C)=NOCCCCCOc1c(F)cc(OCC=C(Br)Br)cc1Br. The smallest absolute Gasteiger partial charge is 0.169 e. The fourth-order valence-electron chi connectivity index (χ4n) is 1.75. The van der Waals surface area contributed by atoms with Gasteiger partial charge in [-0.05, 0) is 93.0 Å². The van der Waals surface area contributed by atoms with Gasteiger partial charge in [-0.1, -0.05) is 5.16 Å². The topological polar surface area (TPSA) is 40.0 Å². The van der Waals surface area contributed by atoms with Gasteiger partial charge in [0.15, 0.2) is 11.6 Å². The molecule has 0 unspecified atom stereocenters. The third-order valence-electron chi connectivity index (χ3n) is 2.83. The molecule has 0 aromatic heterocycles. The van der Waals surface area contributed by atoms with Gasteiger partial charge in [-0.25, -0.2) is 4.39 Å². The molecule has 0 bridgehead atoms. The number of halogens is 4. The predicted octanol–water partition coefficient (Wildman–Crippen LogP) is 6.56. The van der Waals surface area contributed by atoms with Gasteiger partial charge in [0.25, 0.3) is 0 Å². The van der Waals surface area contributed by atoms with Gasteiger partial charge in [-0.15, -0.1) is 0 Å². The Hall–Kier alpha value is -0.600. The Labute approximate surface area is 173 Å². The van der Waals surface area contributed by atoms with Gasteiger partial charge in [0.2, 0.25) is 0 Å². The van der Waals surface area contributed by atoms with E-state index in [1.807, 2.05) is 13.8 Å². The van der Waals surface area contributed by atoms with Crippen molar-refractivity contribution >= 4 is 53.5 Å². The van der Waals surface area contributed by atoms with Crippen LogP contribution in [0.5, 0.6) is 11.5 Å². The predicted molar refractivity (Wildman–Crippen MR) is 110 cm³/mol. The zero-order valence-electron chi connectivity index (χ0n) is 14.2. The summed E-state index contributed by atoms with van der Waals surface area (Å²) in [6.45, 7) is 5.10. The number of oxime groups is 1. The lowest BCUT2D eigenvalue weighted by Gasteiger charge is -2.11. The summed E-state index contributed by atoms with van der Waals surface area (Å²) in [6.07, 6.45) is 4.39. The van der Waals surface area contributed by atoms with E-state index in [9.17, 15) is 4.39 Å². The van der Waals surface area contributed by atoms with Crippen LogP contribution in [0.4, 0.5) is 4.39 Å². The Kier molecular flexibility index (Phi) is 11.4. The van der Waals surface area contributed by atoms with Crippen molar-refractivity contribution in [2.75, 3.05) is 19.8 Å². The molecule has 140 valence electrons. The van der Waals surface area contributed by atoms with Gasteiger partial charge in [0.1, 0.15) is 19.0 Å². The largest absolute Gasteiger partial charge is 0.489 e. The molecule has 1 aromatic carbocycles. The van der Waals surface area contributed by atoms with Gasteiger partial charge in [0, 0.05) is 6.07 Å². The molecule has 0 spiro atoms. The van der Waals surface area contributed by atoms with E-state index < -0.39 is 5.82 Å². The van der Waals surface area contributed by atoms with Crippen molar-refractivity contribution in [3.8, 4) is 11.5 Å². The van der Waals surface area contributed by atoms with Crippen molar-refractivity contribution in [1.82, 2.24) is 0 Å². The van der Waals surface area contributed by atoms with Crippen LogP contribution in [0.3, 0.4) is 0 Å². The fourth-order valence-corrected chi connectivity index (χ4v) is 2.55. The molecule has 8 heteroatoms. The molecule has 0 aliphatic rings. The summed E-state index contributed by atoms with van der Waals surface area (Å²) in [7, 11) is 0. The first-order valence-corrected chi connectivity index (χ1v) is 10.2. The van der Waals surface area contributed by atoms with Crippen LogP contribution in [0, 0.1) is 5.82 Å². The van der Waals surface area contributed by atoms with Crippen LogP contribution < -0.4 is 9.47 Å². The minimum atomic E-state index is -0.456. The maximum Gasteiger partial charge on any atom is 0.169 e. The Morgan fingerprint density at radius 1 is 1.12 bits per heavy atom. The van der Waals surface area contributed by atoms with Crippen LogP contribution in [0.15, 0.2) is 31.2 Å². The monoisotopic (exact) mass is 543 g/mol. The lowest BCUT2D eigenvalue weighted by molar-refractivity contribution is 0.138. The van der Waals surface area contributed by atoms with E-state index in [0.29, 0.717) is 30.0 Å². The minimum Gasteiger partial charge on any atom is -0.489 e. The van der Waals surface area contributed by atoms with Gasteiger partial charge in [0.05, 0.1) is 20.2 Å². The van der Waals surface area contributed by atoms with E-state index in [1.54, 1.807) is 12.1 Å². The fraction of sp³-hybridized carbons (Fsp3) is 0.471. The third kappa shape index (κ3) is 10.2. The summed E-state index contributed by atoms with van der Waals surface area (Å²) < 4.78 is 26.4. The van der Waals surface area contributed by atoms with Crippen LogP contribution in [0.25, 0.3) is 0 Å². The molecule has 0 N–H and O–H groups in total. The first-order chi connectivity index (χ1) is 11.9. The summed E-state index contributed by atoms with van der Waals surface area (Å²) in [5.74, 6) is 0.174. The lowest BCUT2D eigenvalue weighted by Crippen LogP contribution is -2.02. The molecule has 1 rings (SSSR count).